The number of hydrogen-bond donors (Lipinski definition) is 3. The first-order valence-corrected chi connectivity index (χ1v) is 12.8. The number of phenols is 1. The summed E-state index contributed by atoms with van der Waals surface area (Å²) in [6, 6.07) is 11.5. The Bertz CT molecular complexity index is 1380. The van der Waals surface area contributed by atoms with Gasteiger partial charge in [0, 0.05) is 5.92 Å². The van der Waals surface area contributed by atoms with Gasteiger partial charge in [0.25, 0.3) is 0 Å². The minimum atomic E-state index is -0.316. The number of aliphatic imine (C=N–C) groups is 1. The van der Waals surface area contributed by atoms with Crippen LogP contribution in [0.4, 0.5) is 11.4 Å². The van der Waals surface area contributed by atoms with Crippen molar-refractivity contribution in [2.75, 3.05) is 31.0 Å². The molecule has 198 valence electrons. The van der Waals surface area contributed by atoms with Crippen molar-refractivity contribution in [3.63, 3.8) is 0 Å². The number of nitrogens with one attached hydrogen (secondary N) is 2. The van der Waals surface area contributed by atoms with Crippen LogP contribution < -0.4 is 10.3 Å². The van der Waals surface area contributed by atoms with Crippen LogP contribution in [-0.2, 0) is 4.79 Å². The van der Waals surface area contributed by atoms with E-state index in [1.807, 2.05) is 63.2 Å². The Balaban J connectivity index is 1.38. The lowest BCUT2D eigenvalue weighted by atomic mass is 9.77. The van der Waals surface area contributed by atoms with E-state index in [-0.39, 0.29) is 29.3 Å². The SMILES string of the molecule is Cc1ccc(N2C(=O)C(=NNc3cccc(C4CCCC(c5nnn[nH]5)C4)c3O)N=C2CN(C)C)cc1C. The number of nitrogens with zero attached hydrogens (tertiary/aromatic N) is 7. The summed E-state index contributed by atoms with van der Waals surface area (Å²) < 4.78 is 0. The van der Waals surface area contributed by atoms with E-state index in [1.165, 1.54) is 0 Å². The third-order valence-corrected chi connectivity index (χ3v) is 7.31. The molecule has 2 heterocycles. The van der Waals surface area contributed by atoms with Crippen molar-refractivity contribution in [1.29, 1.82) is 0 Å². The Morgan fingerprint density at radius 2 is 1.97 bits per heavy atom. The van der Waals surface area contributed by atoms with Gasteiger partial charge in [0.05, 0.1) is 17.9 Å². The fraction of sp³-hybridized carbons (Fsp3) is 0.407. The van der Waals surface area contributed by atoms with E-state index in [1.54, 1.807) is 11.0 Å². The maximum Gasteiger partial charge on any atom is 0.303 e. The summed E-state index contributed by atoms with van der Waals surface area (Å²) in [4.78, 5) is 21.5. The molecule has 1 aliphatic carbocycles. The average Bonchev–Trinajstić information content (AvgIpc) is 3.54. The zero-order chi connectivity index (χ0) is 26.8. The molecule has 0 radical (unpaired) electrons. The van der Waals surface area contributed by atoms with Gasteiger partial charge in [0.1, 0.15) is 11.6 Å². The maximum absolute atomic E-state index is 13.4. The average molecular weight is 516 g/mol. The molecule has 1 fully saturated rings. The highest BCUT2D eigenvalue weighted by atomic mass is 16.3. The summed E-state index contributed by atoms with van der Waals surface area (Å²) in [6.45, 7) is 4.53. The number of amidine groups is 2. The summed E-state index contributed by atoms with van der Waals surface area (Å²) in [5, 5.41) is 29.9. The third-order valence-electron chi connectivity index (χ3n) is 7.31. The molecule has 38 heavy (non-hydrogen) atoms. The molecule has 0 saturated heterocycles. The first kappa shape index (κ1) is 25.5. The zero-order valence-corrected chi connectivity index (χ0v) is 22.1. The number of hydrazone groups is 1. The van der Waals surface area contributed by atoms with Crippen LogP contribution in [0.25, 0.3) is 0 Å². The number of phenolic OH excluding ortho intramolecular Hbond substituents is 1. The second-order valence-electron chi connectivity index (χ2n) is 10.3. The molecule has 2 aliphatic rings. The molecule has 1 saturated carbocycles. The number of carbonyl (C=O) groups is 1. The summed E-state index contributed by atoms with van der Waals surface area (Å²) in [5.41, 5.74) is 7.17. The molecule has 2 aromatic carbocycles. The van der Waals surface area contributed by atoms with Crippen LogP contribution in [0.1, 0.15) is 60.0 Å². The molecule has 3 N–H and O–H groups in total. The maximum atomic E-state index is 13.4. The van der Waals surface area contributed by atoms with Crippen LogP contribution in [0.5, 0.6) is 5.75 Å². The van der Waals surface area contributed by atoms with Crippen LogP contribution in [0.3, 0.4) is 0 Å². The van der Waals surface area contributed by atoms with E-state index in [0.717, 1.165) is 53.9 Å². The van der Waals surface area contributed by atoms with Gasteiger partial charge in [0.2, 0.25) is 5.84 Å². The van der Waals surface area contributed by atoms with Crippen LogP contribution >= 0.6 is 0 Å². The number of benzene rings is 2. The summed E-state index contributed by atoms with van der Waals surface area (Å²) in [6.07, 6.45) is 3.82. The van der Waals surface area contributed by atoms with E-state index in [0.29, 0.717) is 18.1 Å². The van der Waals surface area contributed by atoms with E-state index in [9.17, 15) is 9.90 Å². The quantitative estimate of drug-likeness (QED) is 0.323. The number of aromatic nitrogens is 4. The fourth-order valence-electron chi connectivity index (χ4n) is 5.18. The van der Waals surface area contributed by atoms with Gasteiger partial charge in [-0.15, -0.1) is 10.2 Å². The Kier molecular flexibility index (Phi) is 7.19. The number of likely N-dealkylation sites (N-methyl/N-ethyl adjacent to an activating group) is 1. The Morgan fingerprint density at radius 1 is 1.16 bits per heavy atom. The zero-order valence-electron chi connectivity index (χ0n) is 22.1. The second-order valence-corrected chi connectivity index (χ2v) is 10.3. The molecule has 2 atom stereocenters. The summed E-state index contributed by atoms with van der Waals surface area (Å²) in [7, 11) is 3.86. The number of aryl methyl sites for hydroxylation is 2. The standard InChI is InChI=1S/C27H33N9O2/c1-16-11-12-20(13-17(16)2)36-23(15-35(3)4)28-26(27(36)38)30-29-22-10-6-9-21(24(22)37)18-7-5-8-19(14-18)25-31-33-34-32-25/h6,9-13,18-19,29,37H,5,7-8,14-15H2,1-4H3,(H,31,32,33,34). The van der Waals surface area contributed by atoms with Crippen molar-refractivity contribution in [3.05, 3.63) is 58.9 Å². The molecule has 5 rings (SSSR count). The minimum Gasteiger partial charge on any atom is -0.505 e. The molecule has 1 aromatic heterocycles. The Hall–Kier alpha value is -4.12. The first-order valence-electron chi connectivity index (χ1n) is 12.8. The highest BCUT2D eigenvalue weighted by molar-refractivity contribution is 6.54. The number of carbonyl (C=O) groups excluding carboxylic acids is 1. The van der Waals surface area contributed by atoms with Crippen molar-refractivity contribution >= 4 is 29.0 Å². The van der Waals surface area contributed by atoms with Crippen molar-refractivity contribution in [3.8, 4) is 5.75 Å². The van der Waals surface area contributed by atoms with Crippen LogP contribution in [0, 0.1) is 13.8 Å². The fourth-order valence-corrected chi connectivity index (χ4v) is 5.18. The van der Waals surface area contributed by atoms with Crippen molar-refractivity contribution < 1.29 is 9.90 Å². The number of aromatic amines is 1. The lowest BCUT2D eigenvalue weighted by Crippen LogP contribution is -2.39. The topological polar surface area (TPSA) is 135 Å². The van der Waals surface area contributed by atoms with Gasteiger partial charge in [-0.3, -0.25) is 15.1 Å². The highest BCUT2D eigenvalue weighted by Crippen LogP contribution is 2.44. The van der Waals surface area contributed by atoms with Crippen LogP contribution in [-0.4, -0.2) is 68.8 Å². The number of para-hydroxylation sites is 1. The molecule has 0 bridgehead atoms. The van der Waals surface area contributed by atoms with Crippen molar-refractivity contribution in [2.24, 2.45) is 10.1 Å². The molecule has 2 unspecified atom stereocenters. The van der Waals surface area contributed by atoms with Gasteiger partial charge in [-0.05, 0) is 98.4 Å². The predicted molar refractivity (Wildman–Crippen MR) is 147 cm³/mol. The lowest BCUT2D eigenvalue weighted by molar-refractivity contribution is -0.111. The number of aromatic hydroxyl groups is 1. The van der Waals surface area contributed by atoms with E-state index in [4.69, 9.17) is 0 Å². The lowest BCUT2D eigenvalue weighted by Gasteiger charge is -2.28. The summed E-state index contributed by atoms with van der Waals surface area (Å²) in [5.74, 6) is 1.62. The molecule has 11 heteroatoms. The van der Waals surface area contributed by atoms with Gasteiger partial charge in [-0.2, -0.15) is 0 Å². The third kappa shape index (κ3) is 5.14. The normalized spacial score (nSPS) is 20.9. The number of tetrazole rings is 1. The molecule has 3 aromatic rings. The molecular weight excluding hydrogens is 482 g/mol. The van der Waals surface area contributed by atoms with E-state index in [2.05, 4.69) is 36.1 Å². The smallest absolute Gasteiger partial charge is 0.303 e. The summed E-state index contributed by atoms with van der Waals surface area (Å²) >= 11 is 0. The Labute approximate surface area is 221 Å². The monoisotopic (exact) mass is 515 g/mol. The van der Waals surface area contributed by atoms with Gasteiger partial charge in [-0.25, -0.2) is 10.1 Å². The minimum absolute atomic E-state index is 0.0421. The number of rotatable bonds is 7. The predicted octanol–water partition coefficient (Wildman–Crippen LogP) is 3.70. The van der Waals surface area contributed by atoms with E-state index < -0.39 is 0 Å². The largest absolute Gasteiger partial charge is 0.505 e. The Morgan fingerprint density at radius 3 is 2.71 bits per heavy atom. The van der Waals surface area contributed by atoms with Gasteiger partial charge < -0.3 is 10.0 Å². The van der Waals surface area contributed by atoms with E-state index >= 15 is 0 Å². The number of hydrogen-bond acceptors (Lipinski definition) is 8. The van der Waals surface area contributed by atoms with Crippen LogP contribution in [0.15, 0.2) is 46.5 Å². The highest BCUT2D eigenvalue weighted by Gasteiger charge is 2.34. The molecule has 1 aliphatic heterocycles. The molecule has 0 spiro atoms. The van der Waals surface area contributed by atoms with Crippen LogP contribution in [0.2, 0.25) is 0 Å². The number of amides is 1. The second kappa shape index (κ2) is 10.7. The number of anilines is 2. The number of H-pyrrole nitrogens is 1. The molecule has 11 nitrogen and oxygen atoms in total. The molecule has 1 amide bonds. The van der Waals surface area contributed by atoms with Crippen molar-refractivity contribution in [2.45, 2.75) is 51.4 Å². The van der Waals surface area contributed by atoms with Crippen molar-refractivity contribution in [1.82, 2.24) is 25.5 Å². The first-order chi connectivity index (χ1) is 18.3. The molecular formula is C27H33N9O2. The van der Waals surface area contributed by atoms with Gasteiger partial charge in [0.15, 0.2) is 5.82 Å². The van der Waals surface area contributed by atoms with Gasteiger partial charge in [-0.1, -0.05) is 24.6 Å². The van der Waals surface area contributed by atoms with Gasteiger partial charge >= 0.3 is 5.91 Å².